The summed E-state index contributed by atoms with van der Waals surface area (Å²) < 4.78 is 6.44. The molecule has 1 aliphatic rings. The molecule has 0 bridgehead atoms. The van der Waals surface area contributed by atoms with Gasteiger partial charge < -0.3 is 5.32 Å². The van der Waals surface area contributed by atoms with E-state index in [4.69, 9.17) is 23.2 Å². The van der Waals surface area contributed by atoms with Crippen LogP contribution in [0.3, 0.4) is 0 Å². The Morgan fingerprint density at radius 3 is 2.75 bits per heavy atom. The molecular formula is C20H20Cl2N4OS. The van der Waals surface area contributed by atoms with Gasteiger partial charge in [0, 0.05) is 11.3 Å². The van der Waals surface area contributed by atoms with E-state index < -0.39 is 0 Å². The monoisotopic (exact) mass is 434 g/mol. The molecule has 3 aromatic rings. The van der Waals surface area contributed by atoms with Gasteiger partial charge in [-0.25, -0.2) is 0 Å². The van der Waals surface area contributed by atoms with Crippen LogP contribution in [0.15, 0.2) is 36.5 Å². The molecule has 0 saturated carbocycles. The minimum absolute atomic E-state index is 0.0307. The van der Waals surface area contributed by atoms with E-state index >= 15 is 0 Å². The highest BCUT2D eigenvalue weighted by Crippen LogP contribution is 2.41. The van der Waals surface area contributed by atoms with Crippen LogP contribution in [-0.2, 0) is 13.0 Å². The molecule has 0 unspecified atom stereocenters. The molecule has 146 valence electrons. The molecular weight excluding hydrogens is 415 g/mol. The average Bonchev–Trinajstić information content (AvgIpc) is 3.19. The fourth-order valence-corrected chi connectivity index (χ4v) is 4.74. The molecule has 2 heterocycles. The third-order valence-corrected chi connectivity index (χ3v) is 6.66. The minimum Gasteiger partial charge on any atom is -0.344 e. The predicted molar refractivity (Wildman–Crippen MR) is 112 cm³/mol. The Bertz CT molecular complexity index is 1010. The first-order valence-corrected chi connectivity index (χ1v) is 10.6. The maximum absolute atomic E-state index is 12.7. The quantitative estimate of drug-likeness (QED) is 0.618. The van der Waals surface area contributed by atoms with Crippen LogP contribution in [0.25, 0.3) is 0 Å². The lowest BCUT2D eigenvalue weighted by Gasteiger charge is -2.36. The van der Waals surface area contributed by atoms with Gasteiger partial charge in [0.15, 0.2) is 5.69 Å². The number of nitrogens with one attached hydrogen (secondary N) is 1. The number of nitrogens with zero attached hydrogens (tertiary/aromatic N) is 3. The first-order valence-electron chi connectivity index (χ1n) is 9.04. The normalized spacial score (nSPS) is 17.9. The Balaban J connectivity index is 1.62. The van der Waals surface area contributed by atoms with Gasteiger partial charge in [-0.05, 0) is 35.4 Å². The van der Waals surface area contributed by atoms with Gasteiger partial charge in [0.05, 0.1) is 18.8 Å². The standard InChI is InChI=1S/C20H20Cl2N4OS/c1-20(2)8-14(24-19(27)17-16(21)18(22)28-25-17)13-10-23-26(15(13)9-20)11-12-6-4-3-5-7-12/h3-7,10,14H,8-9,11H2,1-2H3,(H,24,27)/t14-/m0/s1. The summed E-state index contributed by atoms with van der Waals surface area (Å²) in [6.07, 6.45) is 3.59. The fraction of sp³-hybridized carbons (Fsp3) is 0.350. The zero-order chi connectivity index (χ0) is 19.9. The third kappa shape index (κ3) is 3.81. The van der Waals surface area contributed by atoms with E-state index in [1.807, 2.05) is 29.1 Å². The zero-order valence-electron chi connectivity index (χ0n) is 15.6. The second kappa shape index (κ2) is 7.50. The highest BCUT2D eigenvalue weighted by Gasteiger charge is 2.36. The van der Waals surface area contributed by atoms with Crippen LogP contribution in [0.2, 0.25) is 9.36 Å². The molecule has 1 atom stereocenters. The summed E-state index contributed by atoms with van der Waals surface area (Å²) in [6, 6.07) is 10.1. The number of carbonyl (C=O) groups excluding carboxylic acids is 1. The van der Waals surface area contributed by atoms with Crippen LogP contribution in [0.4, 0.5) is 0 Å². The second-order valence-electron chi connectivity index (χ2n) is 7.88. The Morgan fingerprint density at radius 2 is 2.07 bits per heavy atom. The van der Waals surface area contributed by atoms with E-state index in [1.165, 1.54) is 5.56 Å². The van der Waals surface area contributed by atoms with E-state index in [-0.39, 0.29) is 28.1 Å². The van der Waals surface area contributed by atoms with Crippen molar-refractivity contribution in [3.63, 3.8) is 0 Å². The van der Waals surface area contributed by atoms with Crippen molar-refractivity contribution in [3.8, 4) is 0 Å². The number of halogens is 2. The van der Waals surface area contributed by atoms with E-state index in [0.717, 1.165) is 35.6 Å². The third-order valence-electron chi connectivity index (χ3n) is 5.05. The van der Waals surface area contributed by atoms with E-state index in [2.05, 4.69) is 40.8 Å². The number of hydrogen-bond donors (Lipinski definition) is 1. The van der Waals surface area contributed by atoms with Crippen LogP contribution in [0, 0.1) is 5.41 Å². The second-order valence-corrected chi connectivity index (χ2v) is 9.63. The molecule has 0 radical (unpaired) electrons. The van der Waals surface area contributed by atoms with Crippen molar-refractivity contribution in [2.75, 3.05) is 0 Å². The van der Waals surface area contributed by atoms with Crippen LogP contribution < -0.4 is 5.32 Å². The maximum atomic E-state index is 12.7. The lowest BCUT2D eigenvalue weighted by Crippen LogP contribution is -2.37. The summed E-state index contributed by atoms with van der Waals surface area (Å²) in [5, 5.41) is 7.91. The summed E-state index contributed by atoms with van der Waals surface area (Å²) in [7, 11) is 0. The van der Waals surface area contributed by atoms with Gasteiger partial charge in [0.25, 0.3) is 5.91 Å². The van der Waals surface area contributed by atoms with Gasteiger partial charge >= 0.3 is 0 Å². The van der Waals surface area contributed by atoms with Crippen molar-refractivity contribution in [2.24, 2.45) is 5.41 Å². The minimum atomic E-state index is -0.308. The van der Waals surface area contributed by atoms with Crippen LogP contribution in [0.1, 0.15) is 53.6 Å². The van der Waals surface area contributed by atoms with E-state index in [1.54, 1.807) is 0 Å². The molecule has 8 heteroatoms. The molecule has 0 fully saturated rings. The van der Waals surface area contributed by atoms with Gasteiger partial charge in [-0.15, -0.1) is 0 Å². The molecule has 1 aromatic carbocycles. The lowest BCUT2D eigenvalue weighted by atomic mass is 9.74. The smallest absolute Gasteiger partial charge is 0.273 e. The number of carbonyl (C=O) groups is 1. The molecule has 5 nitrogen and oxygen atoms in total. The Hall–Kier alpha value is -1.89. The summed E-state index contributed by atoms with van der Waals surface area (Å²) >= 11 is 13.1. The van der Waals surface area contributed by atoms with Gasteiger partial charge in [-0.3, -0.25) is 9.48 Å². The first kappa shape index (κ1) is 19.4. The summed E-state index contributed by atoms with van der Waals surface area (Å²) in [5.74, 6) is -0.308. The summed E-state index contributed by atoms with van der Waals surface area (Å²) in [5.41, 5.74) is 3.62. The summed E-state index contributed by atoms with van der Waals surface area (Å²) in [6.45, 7) is 5.13. The molecule has 28 heavy (non-hydrogen) atoms. The van der Waals surface area contributed by atoms with Crippen molar-refractivity contribution in [3.05, 3.63) is 68.4 Å². The molecule has 0 spiro atoms. The zero-order valence-corrected chi connectivity index (χ0v) is 17.9. The number of amides is 1. The van der Waals surface area contributed by atoms with Crippen molar-refractivity contribution < 1.29 is 4.79 Å². The maximum Gasteiger partial charge on any atom is 0.273 e. The first-order chi connectivity index (χ1) is 13.3. The van der Waals surface area contributed by atoms with Crippen molar-refractivity contribution in [1.82, 2.24) is 19.5 Å². The molecule has 1 amide bonds. The molecule has 0 saturated heterocycles. The summed E-state index contributed by atoms with van der Waals surface area (Å²) in [4.78, 5) is 12.7. The number of fused-ring (bicyclic) bond motifs is 1. The number of aromatic nitrogens is 3. The Morgan fingerprint density at radius 1 is 1.32 bits per heavy atom. The number of hydrogen-bond acceptors (Lipinski definition) is 4. The molecule has 0 aliphatic heterocycles. The Labute approximate surface area is 177 Å². The fourth-order valence-electron chi connectivity index (χ4n) is 3.75. The van der Waals surface area contributed by atoms with Crippen LogP contribution >= 0.6 is 34.7 Å². The van der Waals surface area contributed by atoms with Gasteiger partial charge in [-0.1, -0.05) is 67.4 Å². The highest BCUT2D eigenvalue weighted by atomic mass is 35.5. The Kier molecular flexibility index (Phi) is 5.21. The van der Waals surface area contributed by atoms with Crippen molar-refractivity contribution in [1.29, 1.82) is 0 Å². The molecule has 1 N–H and O–H groups in total. The average molecular weight is 435 g/mol. The molecule has 2 aromatic heterocycles. The van der Waals surface area contributed by atoms with Crippen LogP contribution in [-0.4, -0.2) is 20.1 Å². The van der Waals surface area contributed by atoms with Crippen molar-refractivity contribution >= 4 is 40.6 Å². The molecule has 4 rings (SSSR count). The van der Waals surface area contributed by atoms with E-state index in [9.17, 15) is 4.79 Å². The number of rotatable bonds is 4. The number of benzene rings is 1. The van der Waals surface area contributed by atoms with Gasteiger partial charge in [-0.2, -0.15) is 9.47 Å². The largest absolute Gasteiger partial charge is 0.344 e. The van der Waals surface area contributed by atoms with Crippen molar-refractivity contribution in [2.45, 2.75) is 39.3 Å². The van der Waals surface area contributed by atoms with E-state index in [0.29, 0.717) is 10.9 Å². The highest BCUT2D eigenvalue weighted by molar-refractivity contribution is 7.11. The van der Waals surface area contributed by atoms with Crippen LogP contribution in [0.5, 0.6) is 0 Å². The lowest BCUT2D eigenvalue weighted by molar-refractivity contribution is 0.0915. The predicted octanol–water partition coefficient (Wildman–Crippen LogP) is 5.14. The van der Waals surface area contributed by atoms with Gasteiger partial charge in [0.1, 0.15) is 9.36 Å². The van der Waals surface area contributed by atoms with Gasteiger partial charge in [0.2, 0.25) is 0 Å². The molecule has 1 aliphatic carbocycles. The SMILES string of the molecule is CC1(C)Cc2c(cnn2Cc2ccccc2)[C@@H](NC(=O)c2nsc(Cl)c2Cl)C1. The topological polar surface area (TPSA) is 59.8 Å².